The third kappa shape index (κ3) is 2.69. The van der Waals surface area contributed by atoms with Gasteiger partial charge in [0.25, 0.3) is 0 Å². The molecule has 0 saturated heterocycles. The van der Waals surface area contributed by atoms with Gasteiger partial charge in [-0.05, 0) is 43.9 Å². The van der Waals surface area contributed by atoms with Gasteiger partial charge >= 0.3 is 0 Å². The molecule has 2 N–H and O–H groups in total. The first-order valence-electron chi connectivity index (χ1n) is 6.42. The molecule has 0 amide bonds. The van der Waals surface area contributed by atoms with Crippen LogP contribution in [-0.4, -0.2) is 9.55 Å². The number of nitrogens with two attached hydrogens (primary N) is 1. The van der Waals surface area contributed by atoms with Gasteiger partial charge in [0.1, 0.15) is 0 Å². The monoisotopic (exact) mass is 309 g/mol. The minimum Gasteiger partial charge on any atom is -0.369 e. The second-order valence-corrected chi connectivity index (χ2v) is 6.21. The zero-order chi connectivity index (χ0) is 13.3. The molecule has 1 unspecified atom stereocenters. The molecule has 0 aliphatic heterocycles. The van der Waals surface area contributed by atoms with Gasteiger partial charge in [-0.1, -0.05) is 29.8 Å². The quantitative estimate of drug-likeness (QED) is 0.911. The Bertz CT molecular complexity index is 545. The molecule has 0 radical (unpaired) electrons. The number of fused-ring (bicyclic) bond motifs is 1. The normalized spacial score (nSPS) is 13.4. The van der Waals surface area contributed by atoms with Crippen molar-refractivity contribution in [3.63, 3.8) is 0 Å². The summed E-state index contributed by atoms with van der Waals surface area (Å²) < 4.78 is 3.20. The average molecular weight is 310 g/mol. The van der Waals surface area contributed by atoms with Gasteiger partial charge in [-0.15, -0.1) is 0 Å². The van der Waals surface area contributed by atoms with E-state index < -0.39 is 0 Å². The second kappa shape index (κ2) is 5.31. The molecular formula is C14H20BrN3. The lowest BCUT2D eigenvalue weighted by molar-refractivity contribution is 0.450. The lowest BCUT2D eigenvalue weighted by Crippen LogP contribution is -2.09. The fraction of sp³-hybridized carbons (Fsp3) is 0.500. The third-order valence-corrected chi connectivity index (χ3v) is 3.77. The SMILES string of the molecule is CC(C)CCC(C)n1c(N)nc2ccc(Br)cc21. The first kappa shape index (κ1) is 13.4. The van der Waals surface area contributed by atoms with Crippen LogP contribution < -0.4 is 5.73 Å². The van der Waals surface area contributed by atoms with Crippen molar-refractivity contribution in [3.05, 3.63) is 22.7 Å². The maximum absolute atomic E-state index is 6.05. The Morgan fingerprint density at radius 1 is 1.28 bits per heavy atom. The van der Waals surface area contributed by atoms with Crippen molar-refractivity contribution in [1.82, 2.24) is 9.55 Å². The molecule has 0 bridgehead atoms. The average Bonchev–Trinajstić information content (AvgIpc) is 2.61. The van der Waals surface area contributed by atoms with Crippen LogP contribution in [0.4, 0.5) is 5.95 Å². The molecule has 1 aromatic carbocycles. The molecule has 0 spiro atoms. The van der Waals surface area contributed by atoms with Crippen LogP contribution in [0.25, 0.3) is 11.0 Å². The van der Waals surface area contributed by atoms with Crippen molar-refractivity contribution in [1.29, 1.82) is 0 Å². The molecule has 0 aliphatic carbocycles. The number of benzene rings is 1. The zero-order valence-electron chi connectivity index (χ0n) is 11.2. The molecule has 18 heavy (non-hydrogen) atoms. The number of aromatic nitrogens is 2. The third-order valence-electron chi connectivity index (χ3n) is 3.28. The van der Waals surface area contributed by atoms with E-state index in [0.29, 0.717) is 12.0 Å². The molecular weight excluding hydrogens is 290 g/mol. The van der Waals surface area contributed by atoms with Crippen molar-refractivity contribution >= 4 is 32.9 Å². The van der Waals surface area contributed by atoms with Crippen LogP contribution in [0.5, 0.6) is 0 Å². The molecule has 4 heteroatoms. The Hall–Kier alpha value is -1.03. The number of anilines is 1. The number of imidazole rings is 1. The summed E-state index contributed by atoms with van der Waals surface area (Å²) in [6.45, 7) is 6.71. The Morgan fingerprint density at radius 3 is 2.67 bits per heavy atom. The molecule has 0 saturated carbocycles. The highest BCUT2D eigenvalue weighted by Crippen LogP contribution is 2.28. The predicted molar refractivity (Wildman–Crippen MR) is 80.6 cm³/mol. The number of halogens is 1. The van der Waals surface area contributed by atoms with Crippen LogP contribution in [0.15, 0.2) is 22.7 Å². The number of nitrogen functional groups attached to an aromatic ring is 1. The molecule has 1 heterocycles. The molecule has 2 rings (SSSR count). The van der Waals surface area contributed by atoms with Crippen LogP contribution in [-0.2, 0) is 0 Å². The molecule has 3 nitrogen and oxygen atoms in total. The lowest BCUT2D eigenvalue weighted by Gasteiger charge is -2.17. The van der Waals surface area contributed by atoms with E-state index in [1.165, 1.54) is 6.42 Å². The molecule has 1 aromatic heterocycles. The van der Waals surface area contributed by atoms with Crippen LogP contribution in [0.2, 0.25) is 0 Å². The number of hydrogen-bond donors (Lipinski definition) is 1. The smallest absolute Gasteiger partial charge is 0.201 e. The van der Waals surface area contributed by atoms with E-state index in [2.05, 4.69) is 52.3 Å². The van der Waals surface area contributed by atoms with Crippen molar-refractivity contribution in [2.24, 2.45) is 5.92 Å². The van der Waals surface area contributed by atoms with Gasteiger partial charge in [0, 0.05) is 10.5 Å². The first-order chi connectivity index (χ1) is 8.49. The van der Waals surface area contributed by atoms with Crippen LogP contribution in [0, 0.1) is 5.92 Å². The van der Waals surface area contributed by atoms with E-state index in [-0.39, 0.29) is 0 Å². The number of nitrogens with zero attached hydrogens (tertiary/aromatic N) is 2. The summed E-state index contributed by atoms with van der Waals surface area (Å²) in [4.78, 5) is 4.42. The summed E-state index contributed by atoms with van der Waals surface area (Å²) in [5, 5.41) is 0. The predicted octanol–water partition coefficient (Wildman–Crippen LogP) is 4.38. The van der Waals surface area contributed by atoms with Crippen molar-refractivity contribution in [2.75, 3.05) is 5.73 Å². The zero-order valence-corrected chi connectivity index (χ0v) is 12.7. The Kier molecular flexibility index (Phi) is 3.95. The summed E-state index contributed by atoms with van der Waals surface area (Å²) in [6.07, 6.45) is 2.33. The van der Waals surface area contributed by atoms with Gasteiger partial charge in [-0.25, -0.2) is 4.98 Å². The standard InChI is InChI=1S/C14H20BrN3/c1-9(2)4-5-10(3)18-13-8-11(15)6-7-12(13)17-14(18)16/h6-10H,4-5H2,1-3H3,(H2,16,17). The van der Waals surface area contributed by atoms with E-state index in [1.807, 2.05) is 12.1 Å². The maximum Gasteiger partial charge on any atom is 0.201 e. The minimum atomic E-state index is 0.381. The Labute approximate surface area is 117 Å². The number of rotatable bonds is 4. The van der Waals surface area contributed by atoms with Crippen LogP contribution >= 0.6 is 15.9 Å². The van der Waals surface area contributed by atoms with E-state index in [0.717, 1.165) is 27.8 Å². The van der Waals surface area contributed by atoms with Gasteiger partial charge < -0.3 is 10.3 Å². The van der Waals surface area contributed by atoms with E-state index in [1.54, 1.807) is 0 Å². The highest BCUT2D eigenvalue weighted by atomic mass is 79.9. The second-order valence-electron chi connectivity index (χ2n) is 5.29. The summed E-state index contributed by atoms with van der Waals surface area (Å²) in [5.74, 6) is 1.33. The number of hydrogen-bond acceptors (Lipinski definition) is 2. The van der Waals surface area contributed by atoms with Gasteiger partial charge in [-0.3, -0.25) is 0 Å². The highest BCUT2D eigenvalue weighted by Gasteiger charge is 2.14. The lowest BCUT2D eigenvalue weighted by atomic mass is 10.0. The largest absolute Gasteiger partial charge is 0.369 e. The van der Waals surface area contributed by atoms with Crippen molar-refractivity contribution in [2.45, 2.75) is 39.7 Å². The minimum absolute atomic E-state index is 0.381. The maximum atomic E-state index is 6.05. The molecule has 0 fully saturated rings. The molecule has 98 valence electrons. The molecule has 1 atom stereocenters. The van der Waals surface area contributed by atoms with Crippen molar-refractivity contribution < 1.29 is 0 Å². The summed E-state index contributed by atoms with van der Waals surface area (Å²) in [5.41, 5.74) is 8.12. The Morgan fingerprint density at radius 2 is 2.00 bits per heavy atom. The first-order valence-corrected chi connectivity index (χ1v) is 7.21. The topological polar surface area (TPSA) is 43.8 Å². The Balaban J connectivity index is 2.36. The van der Waals surface area contributed by atoms with Crippen LogP contribution in [0.3, 0.4) is 0 Å². The van der Waals surface area contributed by atoms with E-state index >= 15 is 0 Å². The van der Waals surface area contributed by atoms with Gasteiger partial charge in [-0.2, -0.15) is 0 Å². The summed E-state index contributed by atoms with van der Waals surface area (Å²) >= 11 is 3.51. The van der Waals surface area contributed by atoms with Gasteiger partial charge in [0.05, 0.1) is 11.0 Å². The summed E-state index contributed by atoms with van der Waals surface area (Å²) in [6, 6.07) is 6.47. The van der Waals surface area contributed by atoms with Gasteiger partial charge in [0.15, 0.2) is 0 Å². The highest BCUT2D eigenvalue weighted by molar-refractivity contribution is 9.10. The van der Waals surface area contributed by atoms with Crippen molar-refractivity contribution in [3.8, 4) is 0 Å². The van der Waals surface area contributed by atoms with E-state index in [9.17, 15) is 0 Å². The molecule has 2 aromatic rings. The van der Waals surface area contributed by atoms with Gasteiger partial charge in [0.2, 0.25) is 5.95 Å². The molecule has 0 aliphatic rings. The fourth-order valence-corrected chi connectivity index (χ4v) is 2.60. The fourth-order valence-electron chi connectivity index (χ4n) is 2.25. The van der Waals surface area contributed by atoms with E-state index in [4.69, 9.17) is 5.73 Å². The summed E-state index contributed by atoms with van der Waals surface area (Å²) in [7, 11) is 0. The van der Waals surface area contributed by atoms with Crippen LogP contribution in [0.1, 0.15) is 39.7 Å².